The van der Waals surface area contributed by atoms with Gasteiger partial charge in [-0.05, 0) is 24.5 Å². The summed E-state index contributed by atoms with van der Waals surface area (Å²) in [5.74, 6) is 0. The standard InChI is InChI=1S/C11H15BrN2/c12-11-6-2-1-5-10(11)9-14-8-4-3-7-13-14/h1-2,5-6,13H,3-4,7-9H2. The predicted octanol–water partition coefficient (Wildman–Crippen LogP) is 2.55. The molecule has 2 nitrogen and oxygen atoms in total. The van der Waals surface area contributed by atoms with Crippen molar-refractivity contribution in [2.24, 2.45) is 0 Å². The number of benzene rings is 1. The van der Waals surface area contributed by atoms with Gasteiger partial charge in [-0.1, -0.05) is 34.1 Å². The average Bonchev–Trinajstić information content (AvgIpc) is 2.23. The first-order valence-corrected chi connectivity index (χ1v) is 5.87. The second-order valence-corrected chi connectivity index (χ2v) is 4.48. The maximum atomic E-state index is 3.57. The van der Waals surface area contributed by atoms with Gasteiger partial charge in [0.25, 0.3) is 0 Å². The summed E-state index contributed by atoms with van der Waals surface area (Å²) in [7, 11) is 0. The van der Waals surface area contributed by atoms with E-state index in [9.17, 15) is 0 Å². The lowest BCUT2D eigenvalue weighted by Crippen LogP contribution is -2.42. The zero-order chi connectivity index (χ0) is 9.80. The third-order valence-electron chi connectivity index (χ3n) is 2.51. The highest BCUT2D eigenvalue weighted by Gasteiger charge is 2.10. The molecule has 0 radical (unpaired) electrons. The van der Waals surface area contributed by atoms with Gasteiger partial charge < -0.3 is 0 Å². The second kappa shape index (κ2) is 4.91. The Morgan fingerprint density at radius 2 is 2.14 bits per heavy atom. The van der Waals surface area contributed by atoms with Crippen LogP contribution in [0.3, 0.4) is 0 Å². The molecular weight excluding hydrogens is 240 g/mol. The van der Waals surface area contributed by atoms with Crippen molar-refractivity contribution in [1.29, 1.82) is 0 Å². The Morgan fingerprint density at radius 1 is 1.29 bits per heavy atom. The zero-order valence-electron chi connectivity index (χ0n) is 8.17. The molecule has 1 aliphatic heterocycles. The van der Waals surface area contributed by atoms with E-state index in [0.717, 1.165) is 19.6 Å². The van der Waals surface area contributed by atoms with Crippen LogP contribution in [0.1, 0.15) is 18.4 Å². The normalized spacial score (nSPS) is 18.4. The molecule has 0 atom stereocenters. The van der Waals surface area contributed by atoms with Gasteiger partial charge in [0.2, 0.25) is 0 Å². The van der Waals surface area contributed by atoms with E-state index in [1.807, 2.05) is 0 Å². The molecule has 1 saturated heterocycles. The molecule has 1 heterocycles. The van der Waals surface area contributed by atoms with E-state index in [1.54, 1.807) is 0 Å². The fraction of sp³-hybridized carbons (Fsp3) is 0.455. The Morgan fingerprint density at radius 3 is 2.86 bits per heavy atom. The van der Waals surface area contributed by atoms with Crippen LogP contribution in [-0.4, -0.2) is 18.1 Å². The Hall–Kier alpha value is -0.380. The van der Waals surface area contributed by atoms with Crippen LogP contribution in [0, 0.1) is 0 Å². The van der Waals surface area contributed by atoms with Crippen LogP contribution >= 0.6 is 15.9 Å². The van der Waals surface area contributed by atoms with Crippen LogP contribution < -0.4 is 5.43 Å². The molecule has 0 bridgehead atoms. The summed E-state index contributed by atoms with van der Waals surface area (Å²) in [6, 6.07) is 8.40. The SMILES string of the molecule is Brc1ccccc1CN1CCCCN1. The lowest BCUT2D eigenvalue weighted by molar-refractivity contribution is 0.144. The number of hydrogen-bond acceptors (Lipinski definition) is 2. The third kappa shape index (κ3) is 2.56. The Bertz CT molecular complexity index is 295. The number of nitrogens with zero attached hydrogens (tertiary/aromatic N) is 1. The zero-order valence-corrected chi connectivity index (χ0v) is 9.76. The predicted molar refractivity (Wildman–Crippen MR) is 61.8 cm³/mol. The average molecular weight is 255 g/mol. The molecule has 1 aliphatic rings. The summed E-state index contributed by atoms with van der Waals surface area (Å²) in [5.41, 5.74) is 4.76. The second-order valence-electron chi connectivity index (χ2n) is 3.63. The topological polar surface area (TPSA) is 15.3 Å². The maximum Gasteiger partial charge on any atom is 0.0392 e. The van der Waals surface area contributed by atoms with E-state index in [1.165, 1.54) is 22.9 Å². The van der Waals surface area contributed by atoms with Gasteiger partial charge in [0.05, 0.1) is 0 Å². The van der Waals surface area contributed by atoms with Gasteiger partial charge in [-0.2, -0.15) is 0 Å². The van der Waals surface area contributed by atoms with Crippen LogP contribution in [0.25, 0.3) is 0 Å². The lowest BCUT2D eigenvalue weighted by Gasteiger charge is -2.27. The van der Waals surface area contributed by atoms with Crippen molar-refractivity contribution in [1.82, 2.24) is 10.4 Å². The van der Waals surface area contributed by atoms with Crippen molar-refractivity contribution in [3.63, 3.8) is 0 Å². The monoisotopic (exact) mass is 254 g/mol. The van der Waals surface area contributed by atoms with E-state index >= 15 is 0 Å². The molecule has 0 amide bonds. The molecule has 0 saturated carbocycles. The van der Waals surface area contributed by atoms with Gasteiger partial charge >= 0.3 is 0 Å². The van der Waals surface area contributed by atoms with Crippen LogP contribution in [0.15, 0.2) is 28.7 Å². The summed E-state index contributed by atoms with van der Waals surface area (Å²) >= 11 is 3.57. The van der Waals surface area contributed by atoms with Gasteiger partial charge in [-0.3, -0.25) is 5.43 Å². The molecule has 0 unspecified atom stereocenters. The molecule has 76 valence electrons. The van der Waals surface area contributed by atoms with Crippen LogP contribution in [0.4, 0.5) is 0 Å². The van der Waals surface area contributed by atoms with Gasteiger partial charge in [0.1, 0.15) is 0 Å². The quantitative estimate of drug-likeness (QED) is 0.873. The molecule has 3 heteroatoms. The molecule has 0 spiro atoms. The molecule has 1 aromatic carbocycles. The Labute approximate surface area is 93.4 Å². The minimum absolute atomic E-state index is 0.988. The molecule has 1 N–H and O–H groups in total. The summed E-state index contributed by atoms with van der Waals surface area (Å²) in [5, 5.41) is 2.30. The highest BCUT2D eigenvalue weighted by atomic mass is 79.9. The van der Waals surface area contributed by atoms with Crippen LogP contribution in [-0.2, 0) is 6.54 Å². The fourth-order valence-corrected chi connectivity index (χ4v) is 2.12. The van der Waals surface area contributed by atoms with Crippen molar-refractivity contribution in [3.05, 3.63) is 34.3 Å². The van der Waals surface area contributed by atoms with E-state index in [4.69, 9.17) is 0 Å². The van der Waals surface area contributed by atoms with Gasteiger partial charge in [0, 0.05) is 24.1 Å². The first kappa shape index (κ1) is 10.1. The first-order chi connectivity index (χ1) is 6.86. The van der Waals surface area contributed by atoms with Crippen molar-refractivity contribution in [2.75, 3.05) is 13.1 Å². The van der Waals surface area contributed by atoms with Crippen molar-refractivity contribution >= 4 is 15.9 Å². The van der Waals surface area contributed by atoms with E-state index in [-0.39, 0.29) is 0 Å². The maximum absolute atomic E-state index is 3.57. The van der Waals surface area contributed by atoms with Crippen LogP contribution in [0.5, 0.6) is 0 Å². The molecular formula is C11H15BrN2. The number of rotatable bonds is 2. The Balaban J connectivity index is 1.99. The van der Waals surface area contributed by atoms with Crippen molar-refractivity contribution < 1.29 is 0 Å². The van der Waals surface area contributed by atoms with Gasteiger partial charge in [-0.15, -0.1) is 0 Å². The number of hydrazine groups is 1. The molecule has 0 aliphatic carbocycles. The van der Waals surface area contributed by atoms with Crippen molar-refractivity contribution in [3.8, 4) is 0 Å². The molecule has 0 aromatic heterocycles. The lowest BCUT2D eigenvalue weighted by atomic mass is 10.2. The molecule has 14 heavy (non-hydrogen) atoms. The van der Waals surface area contributed by atoms with E-state index < -0.39 is 0 Å². The minimum atomic E-state index is 0.988. The highest BCUT2D eigenvalue weighted by molar-refractivity contribution is 9.10. The van der Waals surface area contributed by atoms with E-state index in [2.05, 4.69) is 50.6 Å². The van der Waals surface area contributed by atoms with E-state index in [0.29, 0.717) is 0 Å². The molecule has 1 aromatic rings. The Kier molecular flexibility index (Phi) is 3.56. The number of halogens is 1. The third-order valence-corrected chi connectivity index (χ3v) is 3.28. The summed E-state index contributed by atoms with van der Waals surface area (Å²) in [4.78, 5) is 0. The van der Waals surface area contributed by atoms with Gasteiger partial charge in [-0.25, -0.2) is 5.01 Å². The molecule has 1 fully saturated rings. The first-order valence-electron chi connectivity index (χ1n) is 5.08. The fourth-order valence-electron chi connectivity index (χ4n) is 1.71. The van der Waals surface area contributed by atoms with Crippen LogP contribution in [0.2, 0.25) is 0 Å². The number of hydrogen-bond donors (Lipinski definition) is 1. The summed E-state index contributed by atoms with van der Waals surface area (Å²) in [6.45, 7) is 3.26. The van der Waals surface area contributed by atoms with Crippen molar-refractivity contribution in [2.45, 2.75) is 19.4 Å². The smallest absolute Gasteiger partial charge is 0.0392 e. The van der Waals surface area contributed by atoms with Gasteiger partial charge in [0.15, 0.2) is 0 Å². The summed E-state index contributed by atoms with van der Waals surface area (Å²) in [6.07, 6.45) is 2.60. The highest BCUT2D eigenvalue weighted by Crippen LogP contribution is 2.17. The largest absolute Gasteiger partial charge is 0.255 e. The summed E-state index contributed by atoms with van der Waals surface area (Å²) < 4.78 is 1.20. The minimum Gasteiger partial charge on any atom is -0.255 e. The number of nitrogens with one attached hydrogen (secondary N) is 1. The molecule has 2 rings (SSSR count).